The van der Waals surface area contributed by atoms with Crippen LogP contribution in [0.2, 0.25) is 0 Å². The molecule has 158 valence electrons. The number of hydrogen-bond donors (Lipinski definition) is 2. The van der Waals surface area contributed by atoms with Crippen molar-refractivity contribution in [3.05, 3.63) is 52.9 Å². The van der Waals surface area contributed by atoms with Crippen LogP contribution in [0.1, 0.15) is 30.1 Å². The minimum Gasteiger partial charge on any atom is -0.385 e. The highest BCUT2D eigenvalue weighted by Gasteiger charge is 2.32. The lowest BCUT2D eigenvalue weighted by Gasteiger charge is -2.32. The summed E-state index contributed by atoms with van der Waals surface area (Å²) in [5.41, 5.74) is 2.61. The van der Waals surface area contributed by atoms with Crippen molar-refractivity contribution in [3.63, 3.8) is 0 Å². The Balaban J connectivity index is 1.24. The van der Waals surface area contributed by atoms with E-state index in [9.17, 15) is 13.5 Å². The fraction of sp³-hybridized carbons (Fsp3) is 0.524. The van der Waals surface area contributed by atoms with E-state index in [2.05, 4.69) is 18.2 Å². The number of ether oxygens (including phenoxy) is 1. The predicted octanol–water partition coefficient (Wildman–Crippen LogP) is 1.09. The number of aliphatic hydroxyl groups is 1. The molecular weight excluding hydrogens is 408 g/mol. The first-order chi connectivity index (χ1) is 14.0. The lowest BCUT2D eigenvalue weighted by Crippen LogP contribution is -3.15. The monoisotopic (exact) mass is 437 g/mol. The first-order valence-corrected chi connectivity index (χ1v) is 12.6. The summed E-state index contributed by atoms with van der Waals surface area (Å²) >= 11 is 1.26. The summed E-state index contributed by atoms with van der Waals surface area (Å²) < 4.78 is 33.3. The summed E-state index contributed by atoms with van der Waals surface area (Å²) in [4.78, 5) is 1.22. The molecule has 2 aromatic rings. The molecule has 1 aliphatic carbocycles. The number of aliphatic hydroxyl groups excluding tert-OH is 1. The van der Waals surface area contributed by atoms with Gasteiger partial charge in [-0.2, -0.15) is 4.31 Å². The minimum absolute atomic E-state index is 0.0670. The second-order valence-corrected chi connectivity index (χ2v) is 11.0. The number of aryl methyl sites for hydroxylation is 1. The van der Waals surface area contributed by atoms with E-state index in [1.807, 2.05) is 6.07 Å². The summed E-state index contributed by atoms with van der Waals surface area (Å²) in [5, 5.41) is 12.3. The molecule has 8 heteroatoms. The van der Waals surface area contributed by atoms with Crippen LogP contribution in [0.15, 0.2) is 46.0 Å². The van der Waals surface area contributed by atoms with Crippen LogP contribution in [0.3, 0.4) is 0 Å². The molecule has 0 unspecified atom stereocenters. The Hall–Kier alpha value is -1.29. The van der Waals surface area contributed by atoms with Crippen LogP contribution >= 0.6 is 11.3 Å². The van der Waals surface area contributed by atoms with Gasteiger partial charge >= 0.3 is 0 Å². The number of piperazine rings is 1. The Kier molecular flexibility index (Phi) is 6.68. The lowest BCUT2D eigenvalue weighted by atomic mass is 9.89. The molecule has 0 saturated carbocycles. The predicted molar refractivity (Wildman–Crippen MR) is 113 cm³/mol. The molecule has 1 saturated heterocycles. The molecule has 2 atom stereocenters. The van der Waals surface area contributed by atoms with E-state index in [1.54, 1.807) is 21.8 Å². The minimum atomic E-state index is -3.37. The molecule has 2 aliphatic rings. The Bertz CT molecular complexity index is 893. The van der Waals surface area contributed by atoms with Crippen molar-refractivity contribution in [3.8, 4) is 0 Å². The molecule has 0 radical (unpaired) electrons. The van der Waals surface area contributed by atoms with E-state index in [1.165, 1.54) is 27.4 Å². The molecule has 1 fully saturated rings. The van der Waals surface area contributed by atoms with Gasteiger partial charge < -0.3 is 14.7 Å². The van der Waals surface area contributed by atoms with Crippen LogP contribution in [0.4, 0.5) is 0 Å². The number of thiophene rings is 1. The van der Waals surface area contributed by atoms with Crippen molar-refractivity contribution in [2.24, 2.45) is 0 Å². The summed E-state index contributed by atoms with van der Waals surface area (Å²) in [6.07, 6.45) is 2.73. The highest BCUT2D eigenvalue weighted by atomic mass is 32.2. The lowest BCUT2D eigenvalue weighted by molar-refractivity contribution is -0.906. The SMILES string of the molecule is O=S(=O)(c1cccs1)N1CC[NH+](C[C@H](O)CO[C@@H]2CCCc3ccccc32)CC1. The van der Waals surface area contributed by atoms with E-state index in [-0.39, 0.29) is 6.10 Å². The molecule has 6 nitrogen and oxygen atoms in total. The Morgan fingerprint density at radius 1 is 1.21 bits per heavy atom. The number of benzene rings is 1. The van der Waals surface area contributed by atoms with Crippen molar-refractivity contribution in [1.29, 1.82) is 0 Å². The summed E-state index contributed by atoms with van der Waals surface area (Å²) in [6, 6.07) is 11.8. The second-order valence-electron chi connectivity index (χ2n) is 7.86. The van der Waals surface area contributed by atoms with E-state index in [0.29, 0.717) is 43.5 Å². The number of quaternary nitrogens is 1. The first-order valence-electron chi connectivity index (χ1n) is 10.3. The summed E-state index contributed by atoms with van der Waals surface area (Å²) in [6.45, 7) is 3.28. The van der Waals surface area contributed by atoms with Gasteiger partial charge in [0.25, 0.3) is 10.0 Å². The standard InChI is InChI=1S/C21H28N2O4S2/c24-18(16-27-20-8-3-6-17-5-1-2-7-19(17)20)15-22-10-12-23(13-11-22)29(25,26)21-9-4-14-28-21/h1-2,4-5,7,9,14,18,20,24H,3,6,8,10-13,15-16H2/p+1/t18-,20+/m0/s1. The molecule has 0 spiro atoms. The van der Waals surface area contributed by atoms with Gasteiger partial charge in [0.05, 0.1) is 38.9 Å². The smallest absolute Gasteiger partial charge is 0.252 e. The second kappa shape index (κ2) is 9.24. The van der Waals surface area contributed by atoms with Crippen LogP contribution in [-0.4, -0.2) is 63.3 Å². The van der Waals surface area contributed by atoms with Gasteiger partial charge in [-0.25, -0.2) is 8.42 Å². The zero-order valence-corrected chi connectivity index (χ0v) is 18.1. The molecule has 2 heterocycles. The average Bonchev–Trinajstić information content (AvgIpc) is 3.28. The third-order valence-corrected chi connectivity index (χ3v) is 9.12. The van der Waals surface area contributed by atoms with Crippen LogP contribution in [-0.2, 0) is 21.2 Å². The molecular formula is C21H29N2O4S2+. The third kappa shape index (κ3) is 4.90. The van der Waals surface area contributed by atoms with Crippen LogP contribution in [0.25, 0.3) is 0 Å². The topological polar surface area (TPSA) is 71.3 Å². The number of fused-ring (bicyclic) bond motifs is 1. The van der Waals surface area contributed by atoms with Gasteiger partial charge in [0.2, 0.25) is 0 Å². The van der Waals surface area contributed by atoms with Gasteiger partial charge in [-0.15, -0.1) is 11.3 Å². The van der Waals surface area contributed by atoms with Crippen molar-refractivity contribution in [2.45, 2.75) is 35.7 Å². The highest BCUT2D eigenvalue weighted by molar-refractivity contribution is 7.91. The zero-order valence-electron chi connectivity index (χ0n) is 16.5. The zero-order chi connectivity index (χ0) is 20.3. The van der Waals surface area contributed by atoms with Crippen LogP contribution in [0.5, 0.6) is 0 Å². The van der Waals surface area contributed by atoms with Gasteiger partial charge in [-0.3, -0.25) is 0 Å². The molecule has 4 rings (SSSR count). The van der Waals surface area contributed by atoms with Gasteiger partial charge in [0.15, 0.2) is 0 Å². The molecule has 1 aliphatic heterocycles. The average molecular weight is 438 g/mol. The van der Waals surface area contributed by atoms with Crippen molar-refractivity contribution < 1.29 is 23.2 Å². The fourth-order valence-corrected chi connectivity index (χ4v) is 6.87. The normalized spacial score (nSPS) is 22.3. The first kappa shape index (κ1) is 21.0. The molecule has 1 aromatic carbocycles. The Labute approximate surface area is 176 Å². The Morgan fingerprint density at radius 2 is 2.00 bits per heavy atom. The molecule has 0 bridgehead atoms. The molecule has 29 heavy (non-hydrogen) atoms. The maximum Gasteiger partial charge on any atom is 0.252 e. The van der Waals surface area contributed by atoms with E-state index < -0.39 is 16.1 Å². The number of rotatable bonds is 7. The largest absolute Gasteiger partial charge is 0.385 e. The summed E-state index contributed by atoms with van der Waals surface area (Å²) in [5.74, 6) is 0. The number of nitrogens with zero attached hydrogens (tertiary/aromatic N) is 1. The van der Waals surface area contributed by atoms with E-state index in [4.69, 9.17) is 4.74 Å². The van der Waals surface area contributed by atoms with Crippen molar-refractivity contribution >= 4 is 21.4 Å². The molecule has 1 aromatic heterocycles. The van der Waals surface area contributed by atoms with E-state index in [0.717, 1.165) is 19.3 Å². The van der Waals surface area contributed by atoms with E-state index >= 15 is 0 Å². The third-order valence-electron chi connectivity index (χ3n) is 5.85. The van der Waals surface area contributed by atoms with Gasteiger partial charge in [-0.05, 0) is 41.8 Å². The van der Waals surface area contributed by atoms with Gasteiger partial charge in [0.1, 0.15) is 16.9 Å². The van der Waals surface area contributed by atoms with Crippen molar-refractivity contribution in [1.82, 2.24) is 4.31 Å². The Morgan fingerprint density at radius 3 is 2.76 bits per heavy atom. The molecule has 2 N–H and O–H groups in total. The van der Waals surface area contributed by atoms with Crippen LogP contribution < -0.4 is 4.90 Å². The number of nitrogens with one attached hydrogen (secondary N) is 1. The maximum absolute atomic E-state index is 12.6. The van der Waals surface area contributed by atoms with Gasteiger partial charge in [-0.1, -0.05) is 30.3 Å². The molecule has 0 amide bonds. The quantitative estimate of drug-likeness (QED) is 0.680. The van der Waals surface area contributed by atoms with Crippen molar-refractivity contribution in [2.75, 3.05) is 39.3 Å². The maximum atomic E-state index is 12.6. The number of hydrogen-bond acceptors (Lipinski definition) is 5. The highest BCUT2D eigenvalue weighted by Crippen LogP contribution is 2.32. The number of sulfonamides is 1. The van der Waals surface area contributed by atoms with Crippen LogP contribution in [0, 0.1) is 0 Å². The summed E-state index contributed by atoms with van der Waals surface area (Å²) in [7, 11) is -3.37. The fourth-order valence-electron chi connectivity index (χ4n) is 4.29. The van der Waals surface area contributed by atoms with Gasteiger partial charge in [0, 0.05) is 0 Å².